The van der Waals surface area contributed by atoms with Crippen LogP contribution in [0.1, 0.15) is 18.1 Å². The maximum atomic E-state index is 13.2. The highest BCUT2D eigenvalue weighted by Gasteiger charge is 2.50. The maximum absolute atomic E-state index is 13.2. The molecule has 11 N–H and O–H groups in total. The van der Waals surface area contributed by atoms with E-state index in [9.17, 15) is 33.3 Å². The number of benzene rings is 1. The summed E-state index contributed by atoms with van der Waals surface area (Å²) in [4.78, 5) is 15.8. The molecule has 0 saturated carbocycles. The van der Waals surface area contributed by atoms with Crippen molar-refractivity contribution in [2.45, 2.75) is 25.2 Å². The van der Waals surface area contributed by atoms with Gasteiger partial charge < -0.3 is 35.2 Å². The number of aliphatic hydroxyl groups excluding tert-OH is 1. The minimum atomic E-state index is -5.04. The summed E-state index contributed by atoms with van der Waals surface area (Å²) in [6.07, 6.45) is -7.03. The van der Waals surface area contributed by atoms with Gasteiger partial charge in [0.2, 0.25) is 12.9 Å². The molecule has 1 aromatic carbocycles. The molecule has 33 heavy (non-hydrogen) atoms. The monoisotopic (exact) mass is 552 g/mol. The number of nitrogens with one attached hydrogen (secondary N) is 1. The van der Waals surface area contributed by atoms with Crippen molar-refractivity contribution in [2.75, 3.05) is 26.5 Å². The van der Waals surface area contributed by atoms with Crippen LogP contribution in [0.3, 0.4) is 0 Å². The first-order chi connectivity index (χ1) is 15.4. The molecule has 16 heteroatoms. The summed E-state index contributed by atoms with van der Waals surface area (Å²) in [5, 5.41) is 45.8. The molecule has 0 saturated heterocycles. The van der Waals surface area contributed by atoms with Crippen LogP contribution in [0, 0.1) is 0 Å². The van der Waals surface area contributed by atoms with E-state index in [1.807, 2.05) is 6.92 Å². The van der Waals surface area contributed by atoms with Crippen LogP contribution < -0.4 is 21.8 Å². The van der Waals surface area contributed by atoms with E-state index in [-0.39, 0.29) is 16.6 Å². The molecule has 12 nitrogen and oxygen atoms in total. The fourth-order valence-electron chi connectivity index (χ4n) is 2.36. The lowest BCUT2D eigenvalue weighted by molar-refractivity contribution is -0.670. The summed E-state index contributed by atoms with van der Waals surface area (Å²) in [7, 11) is 0. The van der Waals surface area contributed by atoms with Crippen LogP contribution in [-0.4, -0.2) is 70.4 Å². The summed E-state index contributed by atoms with van der Waals surface area (Å²) in [5.41, 5.74) is -1.80. The summed E-state index contributed by atoms with van der Waals surface area (Å²) in [6, 6.07) is 2.19. The molecule has 0 amide bonds. The number of esters is 1. The number of likely N-dealkylation sites (N-methyl/N-ethyl adjacent to an activating group) is 1. The van der Waals surface area contributed by atoms with Crippen LogP contribution in [0.5, 0.6) is 5.75 Å². The highest BCUT2D eigenvalue weighted by atomic mass is 79.9. The van der Waals surface area contributed by atoms with E-state index in [0.29, 0.717) is 0 Å². The van der Waals surface area contributed by atoms with Gasteiger partial charge in [-0.3, -0.25) is 4.84 Å². The molecular weight excluding hydrogens is 527 g/mol. The molecule has 1 aliphatic rings. The van der Waals surface area contributed by atoms with E-state index < -0.39 is 47.9 Å². The third-order valence-corrected chi connectivity index (χ3v) is 4.06. The van der Waals surface area contributed by atoms with Gasteiger partial charge in [-0.2, -0.15) is 13.2 Å². The standard InChI is InChI=1S/C13H11BrF3NO7.C4H11NO.H4NO/c14-6-1-5-2-7(11(19)23-4-24-18)10(12(15,16)17)25-9(5)8(3-6)13(20,21)22;1-2-5-3-4-6;1-2/h1-3,10,20-22H,4,18H2;5-6H,2-4H2,1H3;2H,1H3/q;;+1. The average molecular weight is 553 g/mol. The molecular formula is C17H26BrF3N3O9+. The lowest BCUT2D eigenvalue weighted by atomic mass is 9.98. The van der Waals surface area contributed by atoms with Crippen molar-refractivity contribution in [1.82, 2.24) is 5.32 Å². The Morgan fingerprint density at radius 2 is 1.91 bits per heavy atom. The molecule has 0 fully saturated rings. The van der Waals surface area contributed by atoms with Crippen molar-refractivity contribution in [3.63, 3.8) is 0 Å². The molecule has 0 aliphatic carbocycles. The van der Waals surface area contributed by atoms with Crippen LogP contribution in [0.2, 0.25) is 0 Å². The number of rotatable bonds is 7. The van der Waals surface area contributed by atoms with Crippen molar-refractivity contribution < 1.29 is 63.8 Å². The van der Waals surface area contributed by atoms with Crippen LogP contribution in [0.25, 0.3) is 6.08 Å². The number of nitrogens with two attached hydrogens (primary N) is 1. The number of alkyl halides is 3. The lowest BCUT2D eigenvalue weighted by Gasteiger charge is -2.30. The molecule has 2 rings (SSSR count). The Balaban J connectivity index is 0.00000111. The predicted octanol–water partition coefficient (Wildman–Crippen LogP) is -1.16. The zero-order chi connectivity index (χ0) is 25.8. The predicted molar refractivity (Wildman–Crippen MR) is 107 cm³/mol. The summed E-state index contributed by atoms with van der Waals surface area (Å²) in [6.45, 7) is 3.13. The Labute approximate surface area is 194 Å². The summed E-state index contributed by atoms with van der Waals surface area (Å²) < 4.78 is 49.1. The van der Waals surface area contributed by atoms with Gasteiger partial charge in [0.05, 0.1) is 17.7 Å². The van der Waals surface area contributed by atoms with E-state index >= 15 is 0 Å². The van der Waals surface area contributed by atoms with Gasteiger partial charge in [0.25, 0.3) is 0 Å². The number of fused-ring (bicyclic) bond motifs is 1. The van der Waals surface area contributed by atoms with Gasteiger partial charge in [-0.25, -0.2) is 21.8 Å². The van der Waals surface area contributed by atoms with E-state index in [0.717, 1.165) is 25.2 Å². The second kappa shape index (κ2) is 14.4. The fourth-order valence-corrected chi connectivity index (χ4v) is 2.84. The van der Waals surface area contributed by atoms with Gasteiger partial charge in [-0.05, 0) is 24.8 Å². The van der Waals surface area contributed by atoms with Gasteiger partial charge in [0, 0.05) is 16.6 Å². The fraction of sp³-hybridized carbons (Fsp3) is 0.471. The first kappa shape index (κ1) is 31.1. The first-order valence-electron chi connectivity index (χ1n) is 8.94. The lowest BCUT2D eigenvalue weighted by Crippen LogP contribution is -2.42. The van der Waals surface area contributed by atoms with Crippen LogP contribution in [0.15, 0.2) is 22.2 Å². The Morgan fingerprint density at radius 3 is 2.33 bits per heavy atom. The van der Waals surface area contributed by atoms with Gasteiger partial charge in [0.1, 0.15) is 5.75 Å². The third-order valence-electron chi connectivity index (χ3n) is 3.60. The van der Waals surface area contributed by atoms with E-state index in [1.54, 1.807) is 0 Å². The molecule has 0 aromatic heterocycles. The number of ether oxygens (including phenoxy) is 2. The Morgan fingerprint density at radius 1 is 1.30 bits per heavy atom. The Kier molecular flexibility index (Phi) is 13.6. The molecule has 0 spiro atoms. The zero-order valence-corrected chi connectivity index (χ0v) is 18.9. The molecule has 1 heterocycles. The second-order valence-corrected chi connectivity index (χ2v) is 6.86. The molecule has 1 aliphatic heterocycles. The minimum absolute atomic E-state index is 0.132. The van der Waals surface area contributed by atoms with Gasteiger partial charge >= 0.3 is 18.1 Å². The average Bonchev–Trinajstić information content (AvgIpc) is 2.75. The minimum Gasteiger partial charge on any atom is -0.475 e. The second-order valence-electron chi connectivity index (χ2n) is 5.94. The number of aliphatic hydroxyl groups is 4. The van der Waals surface area contributed by atoms with E-state index in [4.69, 9.17) is 15.1 Å². The quantitative estimate of drug-likeness (QED) is 0.0873. The number of hydrogen-bond donors (Lipinski definition) is 8. The van der Waals surface area contributed by atoms with Crippen molar-refractivity contribution in [1.29, 1.82) is 0 Å². The van der Waals surface area contributed by atoms with Gasteiger partial charge in [-0.1, -0.05) is 22.9 Å². The Hall–Kier alpha value is -1.86. The highest BCUT2D eigenvalue weighted by molar-refractivity contribution is 9.10. The largest absolute Gasteiger partial charge is 0.475 e. The number of halogens is 4. The van der Waals surface area contributed by atoms with E-state index in [1.165, 1.54) is 6.07 Å². The van der Waals surface area contributed by atoms with Crippen LogP contribution in [-0.2, 0) is 20.3 Å². The van der Waals surface area contributed by atoms with Crippen molar-refractivity contribution in [2.24, 2.45) is 5.90 Å². The molecule has 190 valence electrons. The molecule has 1 aromatic rings. The van der Waals surface area contributed by atoms with E-state index in [2.05, 4.69) is 42.6 Å². The smallest absolute Gasteiger partial charge is 0.430 e. The first-order valence-corrected chi connectivity index (χ1v) is 9.74. The van der Waals surface area contributed by atoms with Gasteiger partial charge in [-0.15, -0.1) is 0 Å². The Bertz CT molecular complexity index is 785. The SMILES string of the molecule is CCNCCO.NOCOC(=O)C1=Cc2cc(Br)cc(C(O)(O)O)c2OC1C(F)(F)F.[NH3+]O. The van der Waals surface area contributed by atoms with Crippen molar-refractivity contribution in [3.05, 3.63) is 33.3 Å². The molecule has 1 atom stereocenters. The molecule has 0 radical (unpaired) electrons. The summed E-state index contributed by atoms with van der Waals surface area (Å²) in [5.74, 6) is 1.37. The number of hydrogen-bond acceptors (Lipinski definition) is 11. The number of carbonyl (C=O) groups is 1. The normalized spacial score (nSPS) is 15.0. The van der Waals surface area contributed by atoms with Crippen molar-refractivity contribution >= 4 is 28.0 Å². The highest BCUT2D eigenvalue weighted by Crippen LogP contribution is 2.42. The van der Waals surface area contributed by atoms with Gasteiger partial charge in [0.15, 0.2) is 0 Å². The van der Waals surface area contributed by atoms with Crippen molar-refractivity contribution in [3.8, 4) is 5.75 Å². The molecule has 1 unspecified atom stereocenters. The van der Waals surface area contributed by atoms with Crippen LogP contribution >= 0.6 is 15.9 Å². The maximum Gasteiger partial charge on any atom is 0.430 e. The number of quaternary nitrogens is 1. The van der Waals surface area contributed by atoms with Crippen LogP contribution in [0.4, 0.5) is 13.2 Å². The third kappa shape index (κ3) is 9.88. The zero-order valence-electron chi connectivity index (χ0n) is 17.3. The topological polar surface area (TPSA) is 212 Å². The summed E-state index contributed by atoms with van der Waals surface area (Å²) >= 11 is 2.99. The molecule has 0 bridgehead atoms. The number of carbonyl (C=O) groups excluding carboxylic acids is 1.